The molecule has 5 N–H and O–H groups in total. The first-order valence-electron chi connectivity index (χ1n) is 15.2. The van der Waals surface area contributed by atoms with E-state index in [0.717, 1.165) is 55.9 Å². The zero-order valence-corrected chi connectivity index (χ0v) is 25.3. The van der Waals surface area contributed by atoms with E-state index < -0.39 is 11.2 Å². The van der Waals surface area contributed by atoms with E-state index in [-0.39, 0.29) is 17.8 Å². The lowest BCUT2D eigenvalue weighted by atomic mass is 9.95. The van der Waals surface area contributed by atoms with Crippen molar-refractivity contribution in [1.29, 1.82) is 0 Å². The second kappa shape index (κ2) is 12.1. The number of aromatic nitrogens is 2. The largest absolute Gasteiger partial charge is 0.354 e. The first-order chi connectivity index (χ1) is 19.9. The van der Waals surface area contributed by atoms with Gasteiger partial charge in [-0.15, -0.1) is 0 Å². The van der Waals surface area contributed by atoms with Crippen LogP contribution in [-0.2, 0) is 11.2 Å². The predicted octanol–water partition coefficient (Wildman–Crippen LogP) is 1.74. The molecular formula is C31H46N8O3. The van der Waals surface area contributed by atoms with Crippen molar-refractivity contribution in [2.45, 2.75) is 52.1 Å². The highest BCUT2D eigenvalue weighted by Crippen LogP contribution is 2.51. The van der Waals surface area contributed by atoms with E-state index in [9.17, 15) is 14.4 Å². The average molecular weight is 579 g/mol. The molecule has 1 unspecified atom stereocenters. The number of piperazine rings is 1. The lowest BCUT2D eigenvalue weighted by molar-refractivity contribution is -0.137. The maximum absolute atomic E-state index is 12.9. The monoisotopic (exact) mass is 578 g/mol. The fraction of sp³-hybridized carbons (Fsp3) is 0.613. The maximum atomic E-state index is 12.9. The van der Waals surface area contributed by atoms with Crippen LogP contribution in [0.3, 0.4) is 0 Å². The van der Waals surface area contributed by atoms with Gasteiger partial charge in [0.2, 0.25) is 5.91 Å². The summed E-state index contributed by atoms with van der Waals surface area (Å²) in [6.07, 6.45) is 3.77. The summed E-state index contributed by atoms with van der Waals surface area (Å²) in [5, 5.41) is 2.71. The van der Waals surface area contributed by atoms with Crippen LogP contribution in [0.4, 0.5) is 10.6 Å². The summed E-state index contributed by atoms with van der Waals surface area (Å²) in [7, 11) is 0. The molecule has 11 nitrogen and oxygen atoms in total. The summed E-state index contributed by atoms with van der Waals surface area (Å²) in [4.78, 5) is 48.1. The van der Waals surface area contributed by atoms with Gasteiger partial charge in [-0.25, -0.2) is 9.59 Å². The smallest absolute Gasteiger partial charge is 0.338 e. The quantitative estimate of drug-likeness (QED) is 0.411. The third-order valence-corrected chi connectivity index (χ3v) is 9.06. The Morgan fingerprint density at radius 2 is 1.64 bits per heavy atom. The Hall–Kier alpha value is -3.28. The van der Waals surface area contributed by atoms with E-state index in [1.54, 1.807) is 35.9 Å². The number of carbonyl (C=O) groups excluding carboxylic acids is 2. The molecule has 3 heterocycles. The van der Waals surface area contributed by atoms with Crippen molar-refractivity contribution in [3.05, 3.63) is 52.6 Å². The zero-order chi connectivity index (χ0) is 30.2. The minimum Gasteiger partial charge on any atom is -0.338 e. The number of fused-ring (bicyclic) bond motifs is 1. The Bertz CT molecular complexity index is 1310. The van der Waals surface area contributed by atoms with E-state index in [1.807, 2.05) is 12.1 Å². The molecule has 0 radical (unpaired) electrons. The number of piperidine rings is 1. The highest BCUT2D eigenvalue weighted by Gasteiger charge is 2.55. The van der Waals surface area contributed by atoms with Gasteiger partial charge in [-0.2, -0.15) is 4.98 Å². The Morgan fingerprint density at radius 3 is 2.19 bits per heavy atom. The van der Waals surface area contributed by atoms with E-state index >= 15 is 0 Å². The number of hydrogen-bond acceptors (Lipinski definition) is 7. The van der Waals surface area contributed by atoms with Gasteiger partial charge < -0.3 is 21.3 Å². The highest BCUT2D eigenvalue weighted by atomic mass is 16.2. The first-order valence-corrected chi connectivity index (χ1v) is 15.2. The van der Waals surface area contributed by atoms with Crippen LogP contribution in [0.25, 0.3) is 5.69 Å². The molecule has 1 aromatic heterocycles. The van der Waals surface area contributed by atoms with Gasteiger partial charge in [-0.3, -0.25) is 19.6 Å². The number of rotatable bonds is 9. The molecule has 2 saturated heterocycles. The second-order valence-corrected chi connectivity index (χ2v) is 13.2. The number of carbonyl (C=O) groups is 2. The molecule has 2 aromatic rings. The number of nitrogens with two attached hydrogens (primary N) is 2. The predicted molar refractivity (Wildman–Crippen MR) is 163 cm³/mol. The molecule has 5 rings (SSSR count). The van der Waals surface area contributed by atoms with Crippen LogP contribution in [0.15, 0.2) is 41.3 Å². The van der Waals surface area contributed by atoms with Crippen LogP contribution in [0.1, 0.15) is 39.7 Å². The van der Waals surface area contributed by atoms with Crippen molar-refractivity contribution in [3.63, 3.8) is 0 Å². The topological polar surface area (TPSA) is 143 Å². The minimum absolute atomic E-state index is 0.139. The van der Waals surface area contributed by atoms with Crippen molar-refractivity contribution in [3.8, 4) is 5.69 Å². The van der Waals surface area contributed by atoms with Crippen LogP contribution < -0.4 is 22.5 Å². The Morgan fingerprint density at radius 1 is 1.02 bits per heavy atom. The van der Waals surface area contributed by atoms with Crippen LogP contribution in [0.5, 0.6) is 0 Å². The molecule has 11 heteroatoms. The number of likely N-dealkylation sites (tertiary alicyclic amines) is 1. The number of hydrogen-bond donors (Lipinski definition) is 3. The summed E-state index contributed by atoms with van der Waals surface area (Å²) < 4.78 is 1.48. The number of urea groups is 1. The molecule has 2 aliphatic heterocycles. The third-order valence-electron chi connectivity index (χ3n) is 9.06. The van der Waals surface area contributed by atoms with Gasteiger partial charge in [0, 0.05) is 51.5 Å². The minimum atomic E-state index is -0.947. The molecule has 3 amide bonds. The first kappa shape index (κ1) is 30.2. The number of nitrogens with one attached hydrogen (secondary N) is 1. The second-order valence-electron chi connectivity index (χ2n) is 13.2. The molecule has 0 bridgehead atoms. The Kier molecular flexibility index (Phi) is 8.73. The van der Waals surface area contributed by atoms with Gasteiger partial charge in [-0.05, 0) is 80.7 Å². The lowest BCUT2D eigenvalue weighted by Crippen LogP contribution is -2.58. The van der Waals surface area contributed by atoms with Crippen molar-refractivity contribution in [2.75, 3.05) is 51.1 Å². The summed E-state index contributed by atoms with van der Waals surface area (Å²) in [6.45, 7) is 12.6. The van der Waals surface area contributed by atoms with Crippen LogP contribution >= 0.6 is 0 Å². The molecule has 228 valence electrons. The van der Waals surface area contributed by atoms with Crippen LogP contribution in [-0.4, -0.2) is 93.6 Å². The Labute approximate surface area is 248 Å². The summed E-state index contributed by atoms with van der Waals surface area (Å²) in [5.74, 6) is 2.96. The number of anilines is 1. The molecule has 3 fully saturated rings. The van der Waals surface area contributed by atoms with Crippen LogP contribution in [0.2, 0.25) is 0 Å². The van der Waals surface area contributed by atoms with Crippen LogP contribution in [0, 0.1) is 23.7 Å². The molecule has 1 aliphatic carbocycles. The van der Waals surface area contributed by atoms with Crippen molar-refractivity contribution >= 4 is 17.8 Å². The number of amides is 3. The molecule has 0 spiro atoms. The van der Waals surface area contributed by atoms with E-state index in [0.29, 0.717) is 38.1 Å². The third kappa shape index (κ3) is 6.68. The van der Waals surface area contributed by atoms with E-state index in [2.05, 4.69) is 41.2 Å². The normalized spacial score (nSPS) is 23.2. The summed E-state index contributed by atoms with van der Waals surface area (Å²) in [6, 6.07) is 9.88. The summed E-state index contributed by atoms with van der Waals surface area (Å²) in [5.41, 5.74) is 12.4. The SMILES string of the molecule is CC(C)CC(Cc1ccc(-n2ccc(NC(=O)N3CCN(C(=O)C(C)(C)N)CC3)nc2=O)cc1)N1C[C@@H]2[C@@H](CN)[C@@H]2C1. The number of nitrogens with zero attached hydrogens (tertiary/aromatic N) is 5. The van der Waals surface area contributed by atoms with Gasteiger partial charge in [0.15, 0.2) is 0 Å². The van der Waals surface area contributed by atoms with Gasteiger partial charge in [0.05, 0.1) is 11.2 Å². The molecule has 1 saturated carbocycles. The fourth-order valence-electron chi connectivity index (χ4n) is 6.68. The lowest BCUT2D eigenvalue weighted by Gasteiger charge is -2.37. The van der Waals surface area contributed by atoms with Gasteiger partial charge >= 0.3 is 11.7 Å². The van der Waals surface area contributed by atoms with E-state index in [4.69, 9.17) is 11.5 Å². The molecule has 1 aromatic carbocycles. The van der Waals surface area contributed by atoms with E-state index in [1.165, 1.54) is 10.1 Å². The van der Waals surface area contributed by atoms with Gasteiger partial charge in [0.25, 0.3) is 0 Å². The average Bonchev–Trinajstić information content (AvgIpc) is 3.42. The van der Waals surface area contributed by atoms with Crippen molar-refractivity contribution < 1.29 is 9.59 Å². The zero-order valence-electron chi connectivity index (χ0n) is 25.3. The highest BCUT2D eigenvalue weighted by molar-refractivity contribution is 5.89. The molecule has 4 atom stereocenters. The standard InChI is InChI=1S/C31H46N8O3/c1-20(2)15-23(38-18-25-24(17-32)26(25)19-38)16-21-5-7-22(8-6-21)39-10-9-27(35-30(39)42)34-29(41)37-13-11-36(12-14-37)28(40)31(3,4)33/h5-10,20,23-26H,11-19,32-33H2,1-4H3,(H,34,35,41,42)/t23?,24-,25-,26+. The maximum Gasteiger partial charge on any atom is 0.354 e. The van der Waals surface area contributed by atoms with Crippen molar-refractivity contribution in [2.24, 2.45) is 35.1 Å². The Balaban J connectivity index is 1.17. The molecule has 42 heavy (non-hydrogen) atoms. The molecule has 3 aliphatic rings. The summed E-state index contributed by atoms with van der Waals surface area (Å²) >= 11 is 0. The fourth-order valence-corrected chi connectivity index (χ4v) is 6.68. The van der Waals surface area contributed by atoms with Crippen molar-refractivity contribution in [1.82, 2.24) is 24.3 Å². The van der Waals surface area contributed by atoms with Gasteiger partial charge in [-0.1, -0.05) is 26.0 Å². The van der Waals surface area contributed by atoms with Gasteiger partial charge in [0.1, 0.15) is 5.82 Å². The molecular weight excluding hydrogens is 532 g/mol. The number of benzene rings is 1.